The smallest absolute Gasteiger partial charge is 0.300 e. The van der Waals surface area contributed by atoms with Crippen molar-refractivity contribution in [2.24, 2.45) is 0 Å². The maximum atomic E-state index is 13.2. The first-order valence-corrected chi connectivity index (χ1v) is 5.81. The lowest BCUT2D eigenvalue weighted by Crippen LogP contribution is -1.92. The Hall–Kier alpha value is -2.56. The van der Waals surface area contributed by atoms with Gasteiger partial charge in [-0.3, -0.25) is 0 Å². The third-order valence-corrected chi connectivity index (χ3v) is 2.82. The second kappa shape index (κ2) is 4.28. The van der Waals surface area contributed by atoms with Crippen LogP contribution in [-0.2, 0) is 0 Å². The molecule has 0 bridgehead atoms. The molecule has 4 nitrogen and oxygen atoms in total. The van der Waals surface area contributed by atoms with E-state index in [1.54, 1.807) is 37.3 Å². The van der Waals surface area contributed by atoms with Gasteiger partial charge in [-0.15, -0.1) is 0 Å². The molecular weight excluding hydrogens is 245 g/mol. The normalized spacial score (nSPS) is 10.8. The maximum absolute atomic E-state index is 13.2. The molecule has 0 spiro atoms. The molecule has 0 aliphatic heterocycles. The Morgan fingerprint density at radius 3 is 2.84 bits per heavy atom. The standard InChI is InChI=1S/C14H12FN3O/c1-8-6-10(3-4-11(8)15)17-14-18-12-7-9(16)2-5-13(12)19-14/h2-7H,16H2,1H3,(H,17,18). The van der Waals surface area contributed by atoms with Crippen molar-refractivity contribution in [1.82, 2.24) is 4.98 Å². The first kappa shape index (κ1) is 11.5. The summed E-state index contributed by atoms with van der Waals surface area (Å²) in [5.74, 6) is -0.240. The summed E-state index contributed by atoms with van der Waals surface area (Å²) in [5, 5.41) is 3.00. The Morgan fingerprint density at radius 1 is 1.21 bits per heavy atom. The van der Waals surface area contributed by atoms with Gasteiger partial charge in [-0.1, -0.05) is 0 Å². The Balaban J connectivity index is 1.94. The van der Waals surface area contributed by atoms with Crippen LogP contribution in [0.4, 0.5) is 21.8 Å². The highest BCUT2D eigenvalue weighted by molar-refractivity contribution is 5.78. The van der Waals surface area contributed by atoms with Crippen LogP contribution in [0.3, 0.4) is 0 Å². The average molecular weight is 257 g/mol. The van der Waals surface area contributed by atoms with E-state index >= 15 is 0 Å². The van der Waals surface area contributed by atoms with E-state index in [2.05, 4.69) is 10.3 Å². The highest BCUT2D eigenvalue weighted by atomic mass is 19.1. The molecule has 0 saturated carbocycles. The number of anilines is 3. The van der Waals surface area contributed by atoms with Crippen LogP contribution in [0.5, 0.6) is 0 Å². The maximum Gasteiger partial charge on any atom is 0.300 e. The minimum atomic E-state index is -0.240. The lowest BCUT2D eigenvalue weighted by atomic mass is 10.2. The summed E-state index contributed by atoms with van der Waals surface area (Å²) < 4.78 is 18.7. The summed E-state index contributed by atoms with van der Waals surface area (Å²) in [7, 11) is 0. The fraction of sp³-hybridized carbons (Fsp3) is 0.0714. The fourth-order valence-electron chi connectivity index (χ4n) is 1.84. The molecule has 2 aromatic carbocycles. The quantitative estimate of drug-likeness (QED) is 0.688. The van der Waals surface area contributed by atoms with Gasteiger partial charge >= 0.3 is 0 Å². The van der Waals surface area contributed by atoms with Gasteiger partial charge in [-0.25, -0.2) is 4.39 Å². The van der Waals surface area contributed by atoms with E-state index in [9.17, 15) is 4.39 Å². The van der Waals surface area contributed by atoms with Crippen molar-refractivity contribution in [1.29, 1.82) is 0 Å². The second-order valence-corrected chi connectivity index (χ2v) is 4.34. The van der Waals surface area contributed by atoms with E-state index in [-0.39, 0.29) is 5.82 Å². The van der Waals surface area contributed by atoms with Crippen molar-refractivity contribution in [3.8, 4) is 0 Å². The molecule has 0 aliphatic carbocycles. The van der Waals surface area contributed by atoms with E-state index in [0.29, 0.717) is 28.4 Å². The number of benzene rings is 2. The lowest BCUT2D eigenvalue weighted by Gasteiger charge is -2.03. The molecule has 3 aromatic rings. The van der Waals surface area contributed by atoms with Crippen molar-refractivity contribution in [3.05, 3.63) is 47.8 Å². The van der Waals surface area contributed by atoms with Crippen LogP contribution in [0.1, 0.15) is 5.56 Å². The molecule has 1 aromatic heterocycles. The third kappa shape index (κ3) is 2.22. The molecule has 0 aliphatic rings. The molecular formula is C14H12FN3O. The van der Waals surface area contributed by atoms with Gasteiger partial charge in [0.05, 0.1) is 0 Å². The van der Waals surface area contributed by atoms with E-state index in [1.807, 2.05) is 0 Å². The number of rotatable bonds is 2. The van der Waals surface area contributed by atoms with Gasteiger partial charge in [-0.05, 0) is 48.9 Å². The van der Waals surface area contributed by atoms with Gasteiger partial charge in [0.15, 0.2) is 5.58 Å². The second-order valence-electron chi connectivity index (χ2n) is 4.34. The molecule has 0 radical (unpaired) electrons. The number of nitrogens with one attached hydrogen (secondary N) is 1. The first-order valence-electron chi connectivity index (χ1n) is 5.81. The molecule has 96 valence electrons. The van der Waals surface area contributed by atoms with E-state index in [0.717, 1.165) is 5.69 Å². The van der Waals surface area contributed by atoms with E-state index in [1.165, 1.54) is 6.07 Å². The number of nitrogens with zero attached hydrogens (tertiary/aromatic N) is 1. The Morgan fingerprint density at radius 2 is 2.05 bits per heavy atom. The molecule has 0 saturated heterocycles. The number of aryl methyl sites for hydroxylation is 1. The minimum Gasteiger partial charge on any atom is -0.423 e. The molecule has 3 N–H and O–H groups in total. The predicted molar refractivity (Wildman–Crippen MR) is 72.8 cm³/mol. The van der Waals surface area contributed by atoms with Gasteiger partial charge in [0.2, 0.25) is 0 Å². The summed E-state index contributed by atoms with van der Waals surface area (Å²) >= 11 is 0. The topological polar surface area (TPSA) is 64.1 Å². The van der Waals surface area contributed by atoms with Crippen LogP contribution in [0.25, 0.3) is 11.1 Å². The third-order valence-electron chi connectivity index (χ3n) is 2.82. The zero-order valence-corrected chi connectivity index (χ0v) is 10.3. The summed E-state index contributed by atoms with van der Waals surface area (Å²) in [4.78, 5) is 4.27. The largest absolute Gasteiger partial charge is 0.423 e. The number of aromatic nitrogens is 1. The summed E-state index contributed by atoms with van der Waals surface area (Å²) in [5.41, 5.74) is 8.92. The fourth-order valence-corrected chi connectivity index (χ4v) is 1.84. The van der Waals surface area contributed by atoms with Gasteiger partial charge in [0.25, 0.3) is 6.01 Å². The van der Waals surface area contributed by atoms with Crippen LogP contribution < -0.4 is 11.1 Å². The van der Waals surface area contributed by atoms with Gasteiger partial charge in [0.1, 0.15) is 11.3 Å². The number of nitrogens with two attached hydrogens (primary N) is 1. The summed E-state index contributed by atoms with van der Waals surface area (Å²) in [6.07, 6.45) is 0. The van der Waals surface area contributed by atoms with Crippen molar-refractivity contribution >= 4 is 28.5 Å². The van der Waals surface area contributed by atoms with Crippen molar-refractivity contribution in [3.63, 3.8) is 0 Å². The zero-order chi connectivity index (χ0) is 13.4. The number of nitrogen functional groups attached to an aromatic ring is 1. The lowest BCUT2D eigenvalue weighted by molar-refractivity contribution is 0.616. The number of hydrogen-bond donors (Lipinski definition) is 2. The summed E-state index contributed by atoms with van der Waals surface area (Å²) in [6, 6.07) is 10.3. The van der Waals surface area contributed by atoms with Crippen LogP contribution in [-0.4, -0.2) is 4.98 Å². The van der Waals surface area contributed by atoms with E-state index in [4.69, 9.17) is 10.2 Å². The van der Waals surface area contributed by atoms with Crippen molar-refractivity contribution in [2.45, 2.75) is 6.92 Å². The average Bonchev–Trinajstić information content (AvgIpc) is 2.75. The van der Waals surface area contributed by atoms with Gasteiger partial charge < -0.3 is 15.5 Å². The zero-order valence-electron chi connectivity index (χ0n) is 10.3. The molecule has 0 atom stereocenters. The number of hydrogen-bond acceptors (Lipinski definition) is 4. The van der Waals surface area contributed by atoms with Crippen molar-refractivity contribution < 1.29 is 8.81 Å². The van der Waals surface area contributed by atoms with Crippen molar-refractivity contribution in [2.75, 3.05) is 11.1 Å². The first-order chi connectivity index (χ1) is 9.11. The molecule has 3 rings (SSSR count). The van der Waals surface area contributed by atoms with Crippen LogP contribution in [0.2, 0.25) is 0 Å². The molecule has 0 unspecified atom stereocenters. The van der Waals surface area contributed by atoms with Gasteiger partial charge in [-0.2, -0.15) is 4.98 Å². The highest BCUT2D eigenvalue weighted by Crippen LogP contribution is 2.24. The Kier molecular flexibility index (Phi) is 2.59. The Labute approximate surface area is 109 Å². The number of fused-ring (bicyclic) bond motifs is 1. The molecule has 0 fully saturated rings. The molecule has 0 amide bonds. The highest BCUT2D eigenvalue weighted by Gasteiger charge is 2.07. The Bertz CT molecular complexity index is 752. The monoisotopic (exact) mass is 257 g/mol. The van der Waals surface area contributed by atoms with Crippen LogP contribution >= 0.6 is 0 Å². The molecule has 19 heavy (non-hydrogen) atoms. The summed E-state index contributed by atoms with van der Waals surface area (Å²) in [6.45, 7) is 1.70. The SMILES string of the molecule is Cc1cc(Nc2nc3cc(N)ccc3o2)ccc1F. The van der Waals surface area contributed by atoms with Crippen LogP contribution in [0, 0.1) is 12.7 Å². The molecule has 5 heteroatoms. The molecule has 1 heterocycles. The van der Waals surface area contributed by atoms with E-state index < -0.39 is 0 Å². The number of oxazole rings is 1. The minimum absolute atomic E-state index is 0.240. The predicted octanol–water partition coefficient (Wildman–Crippen LogP) is 3.60. The van der Waals surface area contributed by atoms with Crippen LogP contribution in [0.15, 0.2) is 40.8 Å². The number of halogens is 1. The van der Waals surface area contributed by atoms with Gasteiger partial charge in [0, 0.05) is 11.4 Å².